The lowest BCUT2D eigenvalue weighted by molar-refractivity contribution is 0.00617. The Balaban J connectivity index is 1.74. The molecular formula is C23H28N2O3. The molecule has 1 heterocycles. The van der Waals surface area contributed by atoms with E-state index in [-0.39, 0.29) is 18.0 Å². The summed E-state index contributed by atoms with van der Waals surface area (Å²) in [4.78, 5) is 28.9. The minimum absolute atomic E-state index is 0.0118. The Hall–Kier alpha value is -2.82. The van der Waals surface area contributed by atoms with Crippen molar-refractivity contribution >= 4 is 28.8 Å². The number of carbonyl (C=O) groups is 2. The number of hydrogen-bond donors (Lipinski definition) is 0. The highest BCUT2D eigenvalue weighted by atomic mass is 16.6. The van der Waals surface area contributed by atoms with Crippen LogP contribution in [0, 0.1) is 0 Å². The second-order valence-corrected chi connectivity index (χ2v) is 8.26. The Kier molecular flexibility index (Phi) is 5.45. The molecule has 2 aromatic rings. The monoisotopic (exact) mass is 380 g/mol. The van der Waals surface area contributed by atoms with Crippen LogP contribution >= 0.6 is 0 Å². The van der Waals surface area contributed by atoms with E-state index in [4.69, 9.17) is 4.74 Å². The van der Waals surface area contributed by atoms with Gasteiger partial charge in [0.25, 0.3) is 5.91 Å². The maximum atomic E-state index is 13.1. The predicted molar refractivity (Wildman–Crippen MR) is 112 cm³/mol. The van der Waals surface area contributed by atoms with Crippen molar-refractivity contribution in [2.24, 2.45) is 0 Å². The molecule has 0 N–H and O–H groups in total. The van der Waals surface area contributed by atoms with Gasteiger partial charge in [-0.1, -0.05) is 36.9 Å². The van der Waals surface area contributed by atoms with Gasteiger partial charge < -0.3 is 14.5 Å². The number of carbonyl (C=O) groups excluding carboxylic acids is 2. The van der Waals surface area contributed by atoms with E-state index in [0.29, 0.717) is 25.2 Å². The Labute approximate surface area is 166 Å². The van der Waals surface area contributed by atoms with Crippen LogP contribution in [0.4, 0.5) is 4.79 Å². The van der Waals surface area contributed by atoms with Crippen molar-refractivity contribution in [3.63, 3.8) is 0 Å². The molecule has 1 atom stereocenters. The fourth-order valence-electron chi connectivity index (χ4n) is 3.54. The van der Waals surface area contributed by atoms with Crippen LogP contribution in [0.1, 0.15) is 43.6 Å². The summed E-state index contributed by atoms with van der Waals surface area (Å²) in [5.41, 5.74) is 1.19. The fraction of sp³-hybridized carbons (Fsp3) is 0.391. The number of ether oxygens (including phenoxy) is 1. The van der Waals surface area contributed by atoms with Gasteiger partial charge in [0.1, 0.15) is 5.60 Å². The molecule has 2 aromatic carbocycles. The van der Waals surface area contributed by atoms with E-state index in [1.807, 2.05) is 75.1 Å². The van der Waals surface area contributed by atoms with Crippen LogP contribution in [0.2, 0.25) is 0 Å². The molecule has 1 aliphatic heterocycles. The molecule has 0 spiro atoms. The first-order valence-corrected chi connectivity index (χ1v) is 9.64. The summed E-state index contributed by atoms with van der Waals surface area (Å²) < 4.78 is 5.45. The normalized spacial score (nSPS) is 17.5. The third-order valence-electron chi connectivity index (χ3n) is 4.92. The summed E-state index contributed by atoms with van der Waals surface area (Å²) in [5, 5.41) is 2.10. The maximum Gasteiger partial charge on any atom is 0.410 e. The van der Waals surface area contributed by atoms with Crippen molar-refractivity contribution in [3.8, 4) is 0 Å². The Morgan fingerprint density at radius 1 is 1.18 bits per heavy atom. The Bertz CT molecular complexity index is 914. The number of hydrogen-bond acceptors (Lipinski definition) is 3. The molecule has 1 fully saturated rings. The number of amides is 2. The molecule has 5 nitrogen and oxygen atoms in total. The Morgan fingerprint density at radius 3 is 2.57 bits per heavy atom. The van der Waals surface area contributed by atoms with Crippen LogP contribution in [0.15, 0.2) is 43.0 Å². The van der Waals surface area contributed by atoms with Gasteiger partial charge in [0.15, 0.2) is 0 Å². The molecule has 0 bridgehead atoms. The van der Waals surface area contributed by atoms with Crippen LogP contribution in [-0.4, -0.2) is 53.1 Å². The molecular weight excluding hydrogens is 352 g/mol. The minimum atomic E-state index is -0.525. The number of fused-ring (bicyclic) bond motifs is 1. The van der Waals surface area contributed by atoms with E-state index in [1.54, 1.807) is 4.90 Å². The minimum Gasteiger partial charge on any atom is -0.444 e. The second-order valence-electron chi connectivity index (χ2n) is 8.26. The first-order valence-electron chi connectivity index (χ1n) is 9.64. The quantitative estimate of drug-likeness (QED) is 0.767. The molecule has 148 valence electrons. The SMILES string of the molecule is C=Cc1cccc2cc(C(=O)N3CCN(C(=O)OC(C)(C)C)CC3C)ccc12. The van der Waals surface area contributed by atoms with Gasteiger partial charge in [0, 0.05) is 31.2 Å². The van der Waals surface area contributed by atoms with Crippen molar-refractivity contribution in [3.05, 3.63) is 54.1 Å². The number of nitrogens with zero attached hydrogens (tertiary/aromatic N) is 2. The molecule has 0 radical (unpaired) electrons. The highest BCUT2D eigenvalue weighted by Gasteiger charge is 2.32. The first-order chi connectivity index (χ1) is 13.2. The molecule has 5 heteroatoms. The van der Waals surface area contributed by atoms with E-state index >= 15 is 0 Å². The number of rotatable bonds is 2. The zero-order valence-electron chi connectivity index (χ0n) is 17.1. The third kappa shape index (κ3) is 4.19. The standard InChI is InChI=1S/C23H28N2O3/c1-6-17-8-7-9-18-14-19(10-11-20(17)18)21(26)25-13-12-24(15-16(25)2)22(27)28-23(3,4)5/h6-11,14,16H,1,12-13,15H2,2-5H3. The van der Waals surface area contributed by atoms with Crippen LogP contribution in [0.3, 0.4) is 0 Å². The van der Waals surface area contributed by atoms with Crippen molar-refractivity contribution in [2.45, 2.75) is 39.3 Å². The molecule has 28 heavy (non-hydrogen) atoms. The van der Waals surface area contributed by atoms with E-state index in [0.717, 1.165) is 16.3 Å². The molecule has 3 rings (SSSR count). The van der Waals surface area contributed by atoms with Gasteiger partial charge in [-0.3, -0.25) is 4.79 Å². The molecule has 2 amide bonds. The second kappa shape index (κ2) is 7.66. The first kappa shape index (κ1) is 19.9. The van der Waals surface area contributed by atoms with Crippen molar-refractivity contribution in [1.29, 1.82) is 0 Å². The van der Waals surface area contributed by atoms with Crippen molar-refractivity contribution in [1.82, 2.24) is 9.80 Å². The zero-order chi connectivity index (χ0) is 20.5. The van der Waals surface area contributed by atoms with Gasteiger partial charge >= 0.3 is 6.09 Å². The average Bonchev–Trinajstić information content (AvgIpc) is 2.65. The van der Waals surface area contributed by atoms with Crippen molar-refractivity contribution in [2.75, 3.05) is 19.6 Å². The predicted octanol–water partition coefficient (Wildman–Crippen LogP) is 4.56. The molecule has 1 unspecified atom stereocenters. The summed E-state index contributed by atoms with van der Waals surface area (Å²) in [6, 6.07) is 11.7. The summed E-state index contributed by atoms with van der Waals surface area (Å²) in [6.45, 7) is 12.8. The summed E-state index contributed by atoms with van der Waals surface area (Å²) in [5.74, 6) is -0.0118. The highest BCUT2D eigenvalue weighted by Crippen LogP contribution is 2.23. The summed E-state index contributed by atoms with van der Waals surface area (Å²) in [6.07, 6.45) is 1.50. The van der Waals surface area contributed by atoms with Crippen molar-refractivity contribution < 1.29 is 14.3 Å². The van der Waals surface area contributed by atoms with Gasteiger partial charge in [0.05, 0.1) is 0 Å². The topological polar surface area (TPSA) is 49.9 Å². The van der Waals surface area contributed by atoms with E-state index < -0.39 is 5.60 Å². The highest BCUT2D eigenvalue weighted by molar-refractivity contribution is 6.00. The molecule has 0 saturated carbocycles. The lowest BCUT2D eigenvalue weighted by atomic mass is 10.0. The molecule has 1 saturated heterocycles. The van der Waals surface area contributed by atoms with Gasteiger partial charge in [-0.05, 0) is 56.2 Å². The summed E-state index contributed by atoms with van der Waals surface area (Å²) >= 11 is 0. The lowest BCUT2D eigenvalue weighted by Gasteiger charge is -2.40. The Morgan fingerprint density at radius 2 is 1.93 bits per heavy atom. The van der Waals surface area contributed by atoms with Gasteiger partial charge in [-0.2, -0.15) is 0 Å². The van der Waals surface area contributed by atoms with Crippen LogP contribution in [0.5, 0.6) is 0 Å². The van der Waals surface area contributed by atoms with E-state index in [1.165, 1.54) is 0 Å². The zero-order valence-corrected chi connectivity index (χ0v) is 17.1. The molecule has 1 aliphatic rings. The fourth-order valence-corrected chi connectivity index (χ4v) is 3.54. The molecule has 0 aromatic heterocycles. The number of benzene rings is 2. The van der Waals surface area contributed by atoms with Gasteiger partial charge in [-0.25, -0.2) is 4.79 Å². The average molecular weight is 380 g/mol. The number of piperazine rings is 1. The van der Waals surface area contributed by atoms with Crippen LogP contribution in [-0.2, 0) is 4.74 Å². The van der Waals surface area contributed by atoms with E-state index in [9.17, 15) is 9.59 Å². The molecule has 0 aliphatic carbocycles. The van der Waals surface area contributed by atoms with Crippen LogP contribution < -0.4 is 0 Å². The third-order valence-corrected chi connectivity index (χ3v) is 4.92. The smallest absolute Gasteiger partial charge is 0.410 e. The van der Waals surface area contributed by atoms with Gasteiger partial charge in [-0.15, -0.1) is 0 Å². The van der Waals surface area contributed by atoms with Gasteiger partial charge in [0.2, 0.25) is 0 Å². The van der Waals surface area contributed by atoms with Crippen LogP contribution in [0.25, 0.3) is 16.8 Å². The lowest BCUT2D eigenvalue weighted by Crippen LogP contribution is -2.56. The largest absolute Gasteiger partial charge is 0.444 e. The van der Waals surface area contributed by atoms with E-state index in [2.05, 4.69) is 6.58 Å². The maximum absolute atomic E-state index is 13.1. The summed E-state index contributed by atoms with van der Waals surface area (Å²) in [7, 11) is 0.